The Morgan fingerprint density at radius 2 is 1.94 bits per heavy atom. The topological polar surface area (TPSA) is 112 Å². The number of rotatable bonds is 7. The van der Waals surface area contributed by atoms with Crippen molar-refractivity contribution in [1.29, 1.82) is 0 Å². The minimum atomic E-state index is -2.71. The summed E-state index contributed by atoms with van der Waals surface area (Å²) in [6.07, 6.45) is 5.53. The third-order valence-corrected chi connectivity index (χ3v) is 5.20. The van der Waals surface area contributed by atoms with Crippen LogP contribution in [0.3, 0.4) is 0 Å². The highest BCUT2D eigenvalue weighted by Crippen LogP contribution is 2.32. The molecule has 0 radical (unpaired) electrons. The third kappa shape index (κ3) is 4.23. The number of alkyl halides is 2. The summed E-state index contributed by atoms with van der Waals surface area (Å²) in [4.78, 5) is 17.4. The fourth-order valence-corrected chi connectivity index (χ4v) is 3.85. The standard InChI is InChI=1S/C21H25F2N9/c1-12(2)9-21(4,16-7-8-32(30-16)18(22)23)29-20-27-17(26-19(24)28-20)14-5-6-15-10-25-13(3)31(15)11-14/h5-8,10-12,18H,9H2,1-4H3,(H3,24,26,27,28,29)/t21-/m1/s1. The summed E-state index contributed by atoms with van der Waals surface area (Å²) in [5, 5.41) is 7.33. The fraction of sp³-hybridized carbons (Fsp3) is 0.381. The van der Waals surface area contributed by atoms with Crippen molar-refractivity contribution in [1.82, 2.24) is 34.1 Å². The van der Waals surface area contributed by atoms with Gasteiger partial charge in [-0.2, -0.15) is 28.8 Å². The third-order valence-electron chi connectivity index (χ3n) is 5.20. The van der Waals surface area contributed by atoms with Crippen LogP contribution in [0.25, 0.3) is 16.9 Å². The van der Waals surface area contributed by atoms with Crippen molar-refractivity contribution < 1.29 is 8.78 Å². The molecule has 0 aliphatic carbocycles. The zero-order chi connectivity index (χ0) is 23.0. The predicted molar refractivity (Wildman–Crippen MR) is 117 cm³/mol. The Bertz CT molecular complexity index is 1250. The molecular formula is C21H25F2N9. The summed E-state index contributed by atoms with van der Waals surface area (Å²) < 4.78 is 28.7. The number of aryl methyl sites for hydroxylation is 1. The normalized spacial score (nSPS) is 13.8. The number of nitrogen functional groups attached to an aromatic ring is 1. The van der Waals surface area contributed by atoms with Gasteiger partial charge in [0.05, 0.1) is 22.9 Å². The second kappa shape index (κ2) is 8.13. The first-order valence-electron chi connectivity index (χ1n) is 10.2. The zero-order valence-electron chi connectivity index (χ0n) is 18.3. The van der Waals surface area contributed by atoms with E-state index in [1.54, 1.807) is 12.3 Å². The molecule has 168 valence electrons. The monoisotopic (exact) mass is 441 g/mol. The van der Waals surface area contributed by atoms with Gasteiger partial charge in [0.2, 0.25) is 11.9 Å². The van der Waals surface area contributed by atoms with E-state index >= 15 is 0 Å². The molecule has 11 heteroatoms. The van der Waals surface area contributed by atoms with Gasteiger partial charge in [-0.1, -0.05) is 13.8 Å². The molecular weight excluding hydrogens is 416 g/mol. The van der Waals surface area contributed by atoms with Crippen molar-refractivity contribution in [2.75, 3.05) is 11.1 Å². The van der Waals surface area contributed by atoms with Gasteiger partial charge in [0.1, 0.15) is 5.82 Å². The molecule has 4 rings (SSSR count). The van der Waals surface area contributed by atoms with Gasteiger partial charge in [-0.3, -0.25) is 0 Å². The number of aromatic nitrogens is 7. The van der Waals surface area contributed by atoms with Crippen LogP contribution in [0.15, 0.2) is 36.8 Å². The first-order valence-corrected chi connectivity index (χ1v) is 10.2. The number of nitrogens with two attached hydrogens (primary N) is 1. The zero-order valence-corrected chi connectivity index (χ0v) is 18.3. The number of nitrogens with one attached hydrogen (secondary N) is 1. The predicted octanol–water partition coefficient (Wildman–Crippen LogP) is 4.04. The summed E-state index contributed by atoms with van der Waals surface area (Å²) in [6.45, 7) is 5.15. The summed E-state index contributed by atoms with van der Waals surface area (Å²) in [7, 11) is 0. The van der Waals surface area contributed by atoms with E-state index in [1.807, 2.05) is 50.4 Å². The van der Waals surface area contributed by atoms with Crippen molar-refractivity contribution in [3.05, 3.63) is 48.3 Å². The van der Waals surface area contributed by atoms with Crippen LogP contribution in [-0.4, -0.2) is 34.1 Å². The summed E-state index contributed by atoms with van der Waals surface area (Å²) in [5.41, 5.74) is 7.33. The Kier molecular flexibility index (Phi) is 5.49. The molecule has 3 N–H and O–H groups in total. The number of hydrogen-bond donors (Lipinski definition) is 2. The van der Waals surface area contributed by atoms with Crippen LogP contribution in [0.1, 0.15) is 45.3 Å². The maximum atomic E-state index is 13.1. The number of nitrogens with zero attached hydrogens (tertiary/aromatic N) is 7. The second-order valence-electron chi connectivity index (χ2n) is 8.37. The lowest BCUT2D eigenvalue weighted by Crippen LogP contribution is -2.35. The van der Waals surface area contributed by atoms with Crippen LogP contribution in [0.4, 0.5) is 20.7 Å². The number of anilines is 2. The minimum Gasteiger partial charge on any atom is -0.368 e. The van der Waals surface area contributed by atoms with Gasteiger partial charge < -0.3 is 15.5 Å². The average Bonchev–Trinajstić information content (AvgIpc) is 3.35. The Morgan fingerprint density at radius 1 is 1.16 bits per heavy atom. The molecule has 0 bridgehead atoms. The molecule has 0 saturated carbocycles. The molecule has 0 amide bonds. The van der Waals surface area contributed by atoms with Crippen LogP contribution in [-0.2, 0) is 5.54 Å². The van der Waals surface area contributed by atoms with E-state index in [0.29, 0.717) is 22.6 Å². The van der Waals surface area contributed by atoms with Crippen molar-refractivity contribution in [3.63, 3.8) is 0 Å². The number of halogens is 2. The lowest BCUT2D eigenvalue weighted by atomic mass is 9.88. The number of imidazole rings is 1. The van der Waals surface area contributed by atoms with Crippen molar-refractivity contribution in [2.24, 2.45) is 5.92 Å². The van der Waals surface area contributed by atoms with Crippen molar-refractivity contribution in [2.45, 2.75) is 46.2 Å². The van der Waals surface area contributed by atoms with Crippen LogP contribution >= 0.6 is 0 Å². The molecule has 0 aromatic carbocycles. The van der Waals surface area contributed by atoms with Gasteiger partial charge in [0.15, 0.2) is 5.82 Å². The molecule has 32 heavy (non-hydrogen) atoms. The van der Waals surface area contributed by atoms with Crippen LogP contribution in [0.2, 0.25) is 0 Å². The van der Waals surface area contributed by atoms with Crippen molar-refractivity contribution >= 4 is 17.4 Å². The highest BCUT2D eigenvalue weighted by Gasteiger charge is 2.32. The molecule has 0 unspecified atom stereocenters. The molecule has 0 saturated heterocycles. The van der Waals surface area contributed by atoms with E-state index in [9.17, 15) is 8.78 Å². The molecule has 4 aromatic heterocycles. The molecule has 9 nitrogen and oxygen atoms in total. The maximum Gasteiger partial charge on any atom is 0.333 e. The molecule has 1 atom stereocenters. The average molecular weight is 441 g/mol. The van der Waals surface area contributed by atoms with Crippen molar-refractivity contribution in [3.8, 4) is 11.4 Å². The van der Waals surface area contributed by atoms with E-state index < -0.39 is 12.1 Å². The number of pyridine rings is 1. The van der Waals surface area contributed by atoms with Gasteiger partial charge in [-0.25, -0.2) is 9.67 Å². The van der Waals surface area contributed by atoms with E-state index in [-0.39, 0.29) is 17.8 Å². The minimum absolute atomic E-state index is 0.0463. The van der Waals surface area contributed by atoms with E-state index in [0.717, 1.165) is 16.9 Å². The van der Waals surface area contributed by atoms with E-state index in [2.05, 4.69) is 30.4 Å². The van der Waals surface area contributed by atoms with Gasteiger partial charge in [-0.05, 0) is 44.4 Å². The van der Waals surface area contributed by atoms with E-state index in [4.69, 9.17) is 5.73 Å². The fourth-order valence-electron chi connectivity index (χ4n) is 3.85. The Balaban J connectivity index is 1.72. The second-order valence-corrected chi connectivity index (χ2v) is 8.37. The maximum absolute atomic E-state index is 13.1. The van der Waals surface area contributed by atoms with E-state index in [1.165, 1.54) is 6.20 Å². The van der Waals surface area contributed by atoms with Gasteiger partial charge in [0, 0.05) is 18.0 Å². The SMILES string of the molecule is Cc1ncc2ccc(-c3nc(N)nc(N[C@](C)(CC(C)C)c4ccn(C(F)F)n4)n3)cn12. The lowest BCUT2D eigenvalue weighted by Gasteiger charge is -2.31. The first kappa shape index (κ1) is 21.6. The smallest absolute Gasteiger partial charge is 0.333 e. The first-order chi connectivity index (χ1) is 15.1. The Morgan fingerprint density at radius 3 is 2.62 bits per heavy atom. The van der Waals surface area contributed by atoms with Gasteiger partial charge in [-0.15, -0.1) is 0 Å². The molecule has 0 spiro atoms. The molecule has 0 aliphatic heterocycles. The largest absolute Gasteiger partial charge is 0.368 e. The highest BCUT2D eigenvalue weighted by molar-refractivity contribution is 5.61. The summed E-state index contributed by atoms with van der Waals surface area (Å²) in [6, 6.07) is 5.37. The Labute approximate surface area is 183 Å². The molecule has 4 aromatic rings. The quantitative estimate of drug-likeness (QED) is 0.445. The van der Waals surface area contributed by atoms with Gasteiger partial charge >= 0.3 is 6.55 Å². The van der Waals surface area contributed by atoms with Crippen LogP contribution in [0.5, 0.6) is 0 Å². The summed E-state index contributed by atoms with van der Waals surface area (Å²) in [5.74, 6) is 1.76. The lowest BCUT2D eigenvalue weighted by molar-refractivity contribution is 0.0557. The molecule has 4 heterocycles. The number of fused-ring (bicyclic) bond motifs is 1. The van der Waals surface area contributed by atoms with Crippen LogP contribution in [0, 0.1) is 12.8 Å². The molecule has 0 fully saturated rings. The summed E-state index contributed by atoms with van der Waals surface area (Å²) >= 11 is 0. The van der Waals surface area contributed by atoms with Crippen LogP contribution < -0.4 is 11.1 Å². The highest BCUT2D eigenvalue weighted by atomic mass is 19.3. The molecule has 0 aliphatic rings. The number of hydrogen-bond acceptors (Lipinski definition) is 7. The Hall–Kier alpha value is -3.63. The van der Waals surface area contributed by atoms with Gasteiger partial charge in [0.25, 0.3) is 0 Å².